The van der Waals surface area contributed by atoms with Gasteiger partial charge < -0.3 is 15.7 Å². The highest BCUT2D eigenvalue weighted by atomic mass is 32.2. The molecule has 3 N–H and O–H groups in total. The van der Waals surface area contributed by atoms with Gasteiger partial charge in [0.2, 0.25) is 10.0 Å². The standard InChI is InChI=1S/C16H32N6O3S/c1-6-17-15(18-9-8-10-22(5)26(24,25)7-2)19-13-16(3,23)14-11-20-21(4)12-14/h11-12,23H,6-10,13H2,1-5H3,(H2,17,18,19). The lowest BCUT2D eigenvalue weighted by molar-refractivity contribution is 0.0672. The number of guanidine groups is 1. The molecule has 0 saturated carbocycles. The van der Waals surface area contributed by atoms with Crippen LogP contribution in [0.5, 0.6) is 0 Å². The first-order valence-corrected chi connectivity index (χ1v) is 10.4. The summed E-state index contributed by atoms with van der Waals surface area (Å²) in [5, 5.41) is 20.9. The van der Waals surface area contributed by atoms with E-state index in [0.717, 1.165) is 0 Å². The van der Waals surface area contributed by atoms with Gasteiger partial charge in [-0.05, 0) is 27.2 Å². The number of hydrogen-bond donors (Lipinski definition) is 3. The second-order valence-electron chi connectivity index (χ2n) is 6.37. The third-order valence-corrected chi connectivity index (χ3v) is 5.86. The van der Waals surface area contributed by atoms with Crippen LogP contribution in [0.25, 0.3) is 0 Å². The molecule has 1 aromatic heterocycles. The van der Waals surface area contributed by atoms with Gasteiger partial charge in [-0.2, -0.15) is 5.10 Å². The van der Waals surface area contributed by atoms with Crippen LogP contribution in [-0.2, 0) is 22.7 Å². The van der Waals surface area contributed by atoms with Gasteiger partial charge in [-0.3, -0.25) is 4.68 Å². The van der Waals surface area contributed by atoms with Crippen LogP contribution in [0.1, 0.15) is 32.8 Å². The number of aryl methyl sites for hydroxylation is 1. The monoisotopic (exact) mass is 388 g/mol. The summed E-state index contributed by atoms with van der Waals surface area (Å²) in [5.41, 5.74) is -0.419. The SMILES string of the molecule is CCNC(=NCC(C)(O)c1cnn(C)c1)NCCCN(C)S(=O)(=O)CC. The van der Waals surface area contributed by atoms with Crippen LogP contribution in [0.4, 0.5) is 0 Å². The topological polar surface area (TPSA) is 112 Å². The Balaban J connectivity index is 2.56. The van der Waals surface area contributed by atoms with Crippen LogP contribution in [0.3, 0.4) is 0 Å². The highest BCUT2D eigenvalue weighted by Crippen LogP contribution is 2.19. The van der Waals surface area contributed by atoms with Crippen molar-refractivity contribution in [3.05, 3.63) is 18.0 Å². The molecule has 1 heterocycles. The lowest BCUT2D eigenvalue weighted by Crippen LogP contribution is -2.40. The zero-order chi connectivity index (χ0) is 19.8. The smallest absolute Gasteiger partial charge is 0.213 e. The fraction of sp³-hybridized carbons (Fsp3) is 0.750. The van der Waals surface area contributed by atoms with E-state index in [-0.39, 0.29) is 12.3 Å². The molecule has 0 aliphatic carbocycles. The molecule has 0 fully saturated rings. The molecule has 10 heteroatoms. The number of nitrogens with zero attached hydrogens (tertiary/aromatic N) is 4. The third kappa shape index (κ3) is 6.93. The zero-order valence-electron chi connectivity index (χ0n) is 16.4. The molecule has 0 saturated heterocycles. The summed E-state index contributed by atoms with van der Waals surface area (Å²) in [7, 11) is 0.234. The van der Waals surface area contributed by atoms with Gasteiger partial charge in [-0.15, -0.1) is 0 Å². The summed E-state index contributed by atoms with van der Waals surface area (Å²) >= 11 is 0. The highest BCUT2D eigenvalue weighted by molar-refractivity contribution is 7.89. The van der Waals surface area contributed by atoms with Crippen molar-refractivity contribution in [1.29, 1.82) is 0 Å². The lowest BCUT2D eigenvalue weighted by atomic mass is 10.0. The molecule has 1 atom stereocenters. The van der Waals surface area contributed by atoms with E-state index in [1.807, 2.05) is 6.92 Å². The van der Waals surface area contributed by atoms with Crippen molar-refractivity contribution in [2.75, 3.05) is 39.0 Å². The van der Waals surface area contributed by atoms with Crippen LogP contribution < -0.4 is 10.6 Å². The largest absolute Gasteiger partial charge is 0.383 e. The van der Waals surface area contributed by atoms with Gasteiger partial charge in [0.1, 0.15) is 5.60 Å². The van der Waals surface area contributed by atoms with Crippen molar-refractivity contribution in [3.8, 4) is 0 Å². The van der Waals surface area contributed by atoms with E-state index >= 15 is 0 Å². The van der Waals surface area contributed by atoms with E-state index < -0.39 is 15.6 Å². The number of hydrogen-bond acceptors (Lipinski definition) is 5. The molecule has 0 bridgehead atoms. The molecular weight excluding hydrogens is 356 g/mol. The van der Waals surface area contributed by atoms with Gasteiger partial charge in [0.15, 0.2) is 5.96 Å². The summed E-state index contributed by atoms with van der Waals surface area (Å²) < 4.78 is 26.4. The average molecular weight is 389 g/mol. The second-order valence-corrected chi connectivity index (χ2v) is 8.74. The first-order chi connectivity index (χ1) is 12.1. The summed E-state index contributed by atoms with van der Waals surface area (Å²) in [6.07, 6.45) is 4.04. The first kappa shape index (κ1) is 22.4. The number of aromatic nitrogens is 2. The predicted molar refractivity (Wildman–Crippen MR) is 103 cm³/mol. The number of aliphatic hydroxyl groups is 1. The Hall–Kier alpha value is -1.65. The van der Waals surface area contributed by atoms with Crippen molar-refractivity contribution >= 4 is 16.0 Å². The van der Waals surface area contributed by atoms with Crippen LogP contribution in [-0.4, -0.2) is 72.5 Å². The maximum atomic E-state index is 11.7. The summed E-state index contributed by atoms with van der Waals surface area (Å²) in [6.45, 7) is 7.16. The Morgan fingerprint density at radius 2 is 2.12 bits per heavy atom. The highest BCUT2D eigenvalue weighted by Gasteiger charge is 2.24. The quantitative estimate of drug-likeness (QED) is 0.292. The Morgan fingerprint density at radius 3 is 2.65 bits per heavy atom. The molecule has 0 amide bonds. The molecule has 0 aliphatic heterocycles. The van der Waals surface area contributed by atoms with E-state index in [1.54, 1.807) is 45.0 Å². The van der Waals surface area contributed by atoms with Crippen molar-refractivity contribution in [2.45, 2.75) is 32.8 Å². The number of nitrogens with one attached hydrogen (secondary N) is 2. The molecular formula is C16H32N6O3S. The van der Waals surface area contributed by atoms with Crippen molar-refractivity contribution in [3.63, 3.8) is 0 Å². The molecule has 9 nitrogen and oxygen atoms in total. The van der Waals surface area contributed by atoms with Gasteiger partial charge >= 0.3 is 0 Å². The molecule has 0 aliphatic rings. The molecule has 26 heavy (non-hydrogen) atoms. The average Bonchev–Trinajstić information content (AvgIpc) is 3.03. The van der Waals surface area contributed by atoms with Crippen molar-refractivity contribution in [2.24, 2.45) is 12.0 Å². The van der Waals surface area contributed by atoms with Crippen LogP contribution in [0.15, 0.2) is 17.4 Å². The maximum absolute atomic E-state index is 11.7. The van der Waals surface area contributed by atoms with E-state index in [0.29, 0.717) is 37.6 Å². The molecule has 1 aromatic rings. The second kappa shape index (κ2) is 9.89. The Labute approximate surface area is 156 Å². The zero-order valence-corrected chi connectivity index (χ0v) is 17.2. The van der Waals surface area contributed by atoms with Crippen LogP contribution in [0.2, 0.25) is 0 Å². The number of rotatable bonds is 10. The van der Waals surface area contributed by atoms with E-state index in [4.69, 9.17) is 0 Å². The molecule has 1 unspecified atom stereocenters. The number of sulfonamides is 1. The fourth-order valence-electron chi connectivity index (χ4n) is 2.23. The lowest BCUT2D eigenvalue weighted by Gasteiger charge is -2.21. The van der Waals surface area contributed by atoms with Gasteiger partial charge in [-0.25, -0.2) is 17.7 Å². The Morgan fingerprint density at radius 1 is 1.42 bits per heavy atom. The van der Waals surface area contributed by atoms with Gasteiger partial charge in [-0.1, -0.05) is 0 Å². The minimum atomic E-state index is -3.15. The van der Waals surface area contributed by atoms with E-state index in [2.05, 4.69) is 20.7 Å². The van der Waals surface area contributed by atoms with E-state index in [1.165, 1.54) is 4.31 Å². The number of aliphatic imine (C=N–C) groups is 1. The predicted octanol–water partition coefficient (Wildman–Crippen LogP) is -0.146. The van der Waals surface area contributed by atoms with Gasteiger partial charge in [0, 0.05) is 45.5 Å². The van der Waals surface area contributed by atoms with Crippen molar-refractivity contribution < 1.29 is 13.5 Å². The minimum absolute atomic E-state index is 0.102. The van der Waals surface area contributed by atoms with Crippen LogP contribution in [0, 0.1) is 0 Å². The van der Waals surface area contributed by atoms with Crippen molar-refractivity contribution in [1.82, 2.24) is 24.7 Å². The molecule has 0 spiro atoms. The molecule has 0 radical (unpaired) electrons. The summed E-state index contributed by atoms with van der Waals surface area (Å²) in [4.78, 5) is 4.43. The van der Waals surface area contributed by atoms with Gasteiger partial charge in [0.05, 0.1) is 18.5 Å². The first-order valence-electron chi connectivity index (χ1n) is 8.80. The van der Waals surface area contributed by atoms with Crippen LogP contribution >= 0.6 is 0 Å². The Bertz CT molecular complexity index is 684. The fourth-order valence-corrected chi connectivity index (χ4v) is 3.08. The third-order valence-electron chi connectivity index (χ3n) is 4.00. The van der Waals surface area contributed by atoms with Gasteiger partial charge in [0.25, 0.3) is 0 Å². The van der Waals surface area contributed by atoms with E-state index in [9.17, 15) is 13.5 Å². The maximum Gasteiger partial charge on any atom is 0.213 e. The normalized spacial score (nSPS) is 15.1. The Kier molecular flexibility index (Phi) is 8.51. The molecule has 1 rings (SSSR count). The minimum Gasteiger partial charge on any atom is -0.383 e. The molecule has 150 valence electrons. The summed E-state index contributed by atoms with van der Waals surface area (Å²) in [5.74, 6) is 0.683. The summed E-state index contributed by atoms with van der Waals surface area (Å²) in [6, 6.07) is 0. The molecule has 0 aromatic carbocycles.